The Bertz CT molecular complexity index is 786. The monoisotopic (exact) mass is 346 g/mol. The van der Waals surface area contributed by atoms with Crippen molar-refractivity contribution in [1.29, 1.82) is 0 Å². The van der Waals surface area contributed by atoms with Gasteiger partial charge in [0.05, 0.1) is 11.2 Å². The molecular weight excluding hydrogens is 328 g/mol. The lowest BCUT2D eigenvalue weighted by molar-refractivity contribution is -0.119. The molecule has 0 aromatic heterocycles. The minimum atomic E-state index is -3.44. The average molecular weight is 346 g/mol. The fourth-order valence-electron chi connectivity index (χ4n) is 2.43. The predicted octanol–water partition coefficient (Wildman–Crippen LogP) is 0.453. The Labute approximate surface area is 130 Å². The molecule has 122 valence electrons. The number of carbonyl (C=O) groups excluding carboxylic acids is 1. The maximum Gasteiger partial charge on any atom is 0.242 e. The normalized spacial score (nSPS) is 20.0. The Morgan fingerprint density at radius 1 is 1.23 bits per heavy atom. The molecule has 1 aliphatic heterocycles. The lowest BCUT2D eigenvalue weighted by atomic mass is 10.2. The van der Waals surface area contributed by atoms with Crippen molar-refractivity contribution in [1.82, 2.24) is 4.31 Å². The van der Waals surface area contributed by atoms with E-state index in [0.29, 0.717) is 25.1 Å². The van der Waals surface area contributed by atoms with Crippen LogP contribution in [0, 0.1) is 0 Å². The van der Waals surface area contributed by atoms with E-state index in [0.717, 1.165) is 12.5 Å². The van der Waals surface area contributed by atoms with E-state index in [1.807, 2.05) is 0 Å². The quantitative estimate of drug-likeness (QED) is 0.853. The van der Waals surface area contributed by atoms with E-state index in [1.54, 1.807) is 6.07 Å². The summed E-state index contributed by atoms with van der Waals surface area (Å²) in [5.41, 5.74) is 0.327. The van der Waals surface area contributed by atoms with Gasteiger partial charge in [-0.2, -0.15) is 4.31 Å². The van der Waals surface area contributed by atoms with Gasteiger partial charge in [0.25, 0.3) is 0 Å². The van der Waals surface area contributed by atoms with Gasteiger partial charge < -0.3 is 5.32 Å². The van der Waals surface area contributed by atoms with E-state index < -0.39 is 31.8 Å². The SMILES string of the molecule is CS(=O)(=O)c1cccc(NC(=O)C2CCCN2S(C)(=O)=O)c1. The van der Waals surface area contributed by atoms with Gasteiger partial charge in [0.1, 0.15) is 6.04 Å². The molecule has 0 spiro atoms. The Morgan fingerprint density at radius 2 is 1.91 bits per heavy atom. The summed E-state index contributed by atoms with van der Waals surface area (Å²) in [5.74, 6) is -0.450. The van der Waals surface area contributed by atoms with Crippen molar-refractivity contribution >= 4 is 31.5 Å². The van der Waals surface area contributed by atoms with Gasteiger partial charge in [-0.25, -0.2) is 16.8 Å². The third-order valence-corrected chi connectivity index (χ3v) is 5.86. The van der Waals surface area contributed by atoms with Crippen LogP contribution in [0.5, 0.6) is 0 Å². The largest absolute Gasteiger partial charge is 0.325 e. The van der Waals surface area contributed by atoms with Crippen molar-refractivity contribution < 1.29 is 21.6 Å². The average Bonchev–Trinajstić information content (AvgIpc) is 2.87. The van der Waals surface area contributed by atoms with Crippen molar-refractivity contribution in [3.05, 3.63) is 24.3 Å². The summed E-state index contributed by atoms with van der Waals surface area (Å²) in [6, 6.07) is 5.12. The standard InChI is InChI=1S/C13H18N2O5S2/c1-21(17,18)11-6-3-5-10(9-11)14-13(16)12-7-4-8-15(12)22(2,19)20/h3,5-6,9,12H,4,7-8H2,1-2H3,(H,14,16). The highest BCUT2D eigenvalue weighted by atomic mass is 32.2. The highest BCUT2D eigenvalue weighted by Gasteiger charge is 2.36. The zero-order valence-corrected chi connectivity index (χ0v) is 13.9. The topological polar surface area (TPSA) is 101 Å². The highest BCUT2D eigenvalue weighted by Crippen LogP contribution is 2.22. The Kier molecular flexibility index (Phi) is 4.59. The van der Waals surface area contributed by atoms with Gasteiger partial charge in [-0.15, -0.1) is 0 Å². The van der Waals surface area contributed by atoms with Gasteiger partial charge in [0.15, 0.2) is 9.84 Å². The second-order valence-corrected chi connectivity index (χ2v) is 9.27. The van der Waals surface area contributed by atoms with Gasteiger partial charge in [-0.1, -0.05) is 6.07 Å². The number of nitrogens with one attached hydrogen (secondary N) is 1. The molecule has 1 saturated heterocycles. The molecule has 1 unspecified atom stereocenters. The molecule has 1 fully saturated rings. The van der Waals surface area contributed by atoms with Crippen LogP contribution >= 0.6 is 0 Å². The van der Waals surface area contributed by atoms with Crippen molar-refractivity contribution in [2.45, 2.75) is 23.8 Å². The fraction of sp³-hybridized carbons (Fsp3) is 0.462. The molecule has 0 saturated carbocycles. The van der Waals surface area contributed by atoms with E-state index in [4.69, 9.17) is 0 Å². The Morgan fingerprint density at radius 3 is 2.50 bits per heavy atom. The molecule has 1 aromatic rings. The summed E-state index contributed by atoms with van der Waals surface area (Å²) in [7, 11) is -6.82. The number of rotatable bonds is 4. The predicted molar refractivity (Wildman–Crippen MR) is 82.8 cm³/mol. The fourth-order valence-corrected chi connectivity index (χ4v) is 4.22. The van der Waals surface area contributed by atoms with Crippen LogP contribution in [0.15, 0.2) is 29.2 Å². The molecule has 0 radical (unpaired) electrons. The van der Waals surface area contributed by atoms with Crippen LogP contribution in [0.3, 0.4) is 0 Å². The molecule has 1 aliphatic rings. The van der Waals surface area contributed by atoms with Crippen LogP contribution in [-0.4, -0.2) is 52.1 Å². The first-order valence-electron chi connectivity index (χ1n) is 6.67. The molecule has 1 heterocycles. The molecule has 9 heteroatoms. The number of hydrogen-bond donors (Lipinski definition) is 1. The lowest BCUT2D eigenvalue weighted by Crippen LogP contribution is -2.42. The Hall–Kier alpha value is -1.45. The zero-order valence-electron chi connectivity index (χ0n) is 12.3. The van der Waals surface area contributed by atoms with Crippen molar-refractivity contribution in [2.24, 2.45) is 0 Å². The molecule has 1 aromatic carbocycles. The highest BCUT2D eigenvalue weighted by molar-refractivity contribution is 7.90. The molecule has 1 N–H and O–H groups in total. The van der Waals surface area contributed by atoms with Gasteiger partial charge in [-0.05, 0) is 31.0 Å². The summed E-state index contributed by atoms with van der Waals surface area (Å²) in [5, 5.41) is 2.59. The van der Waals surface area contributed by atoms with Crippen LogP contribution in [-0.2, 0) is 24.7 Å². The van der Waals surface area contributed by atoms with E-state index in [1.165, 1.54) is 22.5 Å². The molecule has 0 aliphatic carbocycles. The summed E-state index contributed by atoms with van der Waals surface area (Å²) >= 11 is 0. The summed E-state index contributed by atoms with van der Waals surface area (Å²) in [6.07, 6.45) is 3.22. The van der Waals surface area contributed by atoms with Crippen LogP contribution in [0.1, 0.15) is 12.8 Å². The van der Waals surface area contributed by atoms with Gasteiger partial charge in [-0.3, -0.25) is 4.79 Å². The van der Waals surface area contributed by atoms with Crippen molar-refractivity contribution in [2.75, 3.05) is 24.4 Å². The number of nitrogens with zero attached hydrogens (tertiary/aromatic N) is 1. The minimum Gasteiger partial charge on any atom is -0.325 e. The van der Waals surface area contributed by atoms with Crippen LogP contribution in [0.4, 0.5) is 5.69 Å². The third kappa shape index (κ3) is 3.84. The first-order valence-corrected chi connectivity index (χ1v) is 10.4. The van der Waals surface area contributed by atoms with Gasteiger partial charge >= 0.3 is 0 Å². The van der Waals surface area contributed by atoms with E-state index in [9.17, 15) is 21.6 Å². The van der Waals surface area contributed by atoms with E-state index in [-0.39, 0.29) is 4.90 Å². The first kappa shape index (κ1) is 16.9. The number of sulfone groups is 1. The molecule has 2 rings (SSSR count). The van der Waals surface area contributed by atoms with Crippen molar-refractivity contribution in [3.63, 3.8) is 0 Å². The molecule has 7 nitrogen and oxygen atoms in total. The van der Waals surface area contributed by atoms with E-state index in [2.05, 4.69) is 5.32 Å². The smallest absolute Gasteiger partial charge is 0.242 e. The van der Waals surface area contributed by atoms with Crippen LogP contribution < -0.4 is 5.32 Å². The van der Waals surface area contributed by atoms with Crippen molar-refractivity contribution in [3.8, 4) is 0 Å². The molecule has 1 amide bonds. The number of amides is 1. The Balaban J connectivity index is 2.19. The molecule has 22 heavy (non-hydrogen) atoms. The number of carbonyl (C=O) groups is 1. The lowest BCUT2D eigenvalue weighted by Gasteiger charge is -2.21. The van der Waals surface area contributed by atoms with Gasteiger partial charge in [0, 0.05) is 18.5 Å². The first-order chi connectivity index (χ1) is 10.1. The van der Waals surface area contributed by atoms with E-state index >= 15 is 0 Å². The second-order valence-electron chi connectivity index (χ2n) is 5.32. The molecule has 1 atom stereocenters. The summed E-state index contributed by atoms with van der Waals surface area (Å²) < 4.78 is 47.5. The molecular formula is C13H18N2O5S2. The number of benzene rings is 1. The molecule has 0 bridgehead atoms. The minimum absolute atomic E-state index is 0.0942. The maximum atomic E-state index is 12.3. The van der Waals surface area contributed by atoms with Crippen LogP contribution in [0.25, 0.3) is 0 Å². The number of anilines is 1. The van der Waals surface area contributed by atoms with Gasteiger partial charge in [0.2, 0.25) is 15.9 Å². The summed E-state index contributed by atoms with van der Waals surface area (Å²) in [6.45, 7) is 0.320. The maximum absolute atomic E-state index is 12.3. The number of hydrogen-bond acceptors (Lipinski definition) is 5. The zero-order chi connectivity index (χ0) is 16.5. The third-order valence-electron chi connectivity index (χ3n) is 3.46. The summed E-state index contributed by atoms with van der Waals surface area (Å²) in [4.78, 5) is 12.4. The van der Waals surface area contributed by atoms with Crippen LogP contribution in [0.2, 0.25) is 0 Å². The number of sulfonamides is 1. The second kappa shape index (κ2) is 5.98.